The number of nitrogens with two attached hydrogens (primary N) is 1. The highest BCUT2D eigenvalue weighted by Crippen LogP contribution is 2.27. The molecule has 1 aromatic carbocycles. The Morgan fingerprint density at radius 1 is 1.41 bits per heavy atom. The number of fused-ring (bicyclic) bond motifs is 1. The van der Waals surface area contributed by atoms with Crippen molar-refractivity contribution in [3.63, 3.8) is 0 Å². The molecule has 4 nitrogen and oxygen atoms in total. The molecule has 1 aromatic heterocycles. The molecule has 0 saturated carbocycles. The zero-order chi connectivity index (χ0) is 12.3. The monoisotopic (exact) mass is 226 g/mol. The number of nitriles is 1. The van der Waals surface area contributed by atoms with Gasteiger partial charge in [-0.1, -0.05) is 18.2 Å². The zero-order valence-electron chi connectivity index (χ0n) is 9.72. The highest BCUT2D eigenvalue weighted by molar-refractivity contribution is 5.94. The molecule has 0 radical (unpaired) electrons. The Balaban J connectivity index is 2.68. The summed E-state index contributed by atoms with van der Waals surface area (Å²) in [6, 6.07) is 9.99. The Morgan fingerprint density at radius 2 is 2.18 bits per heavy atom. The molecule has 0 fully saturated rings. The minimum atomic E-state index is 0.554. The zero-order valence-corrected chi connectivity index (χ0v) is 9.72. The molecule has 0 saturated heterocycles. The van der Waals surface area contributed by atoms with Crippen molar-refractivity contribution >= 4 is 16.6 Å². The number of hydrogen-bond acceptors (Lipinski definition) is 4. The Labute approximate surface area is 100 Å². The van der Waals surface area contributed by atoms with E-state index in [9.17, 15) is 0 Å². The third kappa shape index (κ3) is 2.05. The molecule has 0 aliphatic carbocycles. The van der Waals surface area contributed by atoms with Crippen molar-refractivity contribution in [3.05, 3.63) is 36.0 Å². The minimum Gasteiger partial charge on any atom is -0.372 e. The third-order valence-electron chi connectivity index (χ3n) is 2.71. The van der Waals surface area contributed by atoms with Gasteiger partial charge in [0.1, 0.15) is 6.07 Å². The number of benzene rings is 1. The van der Waals surface area contributed by atoms with Crippen molar-refractivity contribution in [1.29, 1.82) is 5.26 Å². The maximum atomic E-state index is 9.15. The van der Waals surface area contributed by atoms with Gasteiger partial charge in [0.15, 0.2) is 0 Å². The van der Waals surface area contributed by atoms with Crippen LogP contribution in [0.5, 0.6) is 0 Å². The molecule has 0 amide bonds. The van der Waals surface area contributed by atoms with Crippen LogP contribution in [0.4, 0.5) is 5.69 Å². The van der Waals surface area contributed by atoms with Crippen LogP contribution >= 0.6 is 0 Å². The fraction of sp³-hybridized carbons (Fsp3) is 0.231. The van der Waals surface area contributed by atoms with Gasteiger partial charge in [-0.25, -0.2) is 0 Å². The van der Waals surface area contributed by atoms with Crippen molar-refractivity contribution in [1.82, 2.24) is 4.98 Å². The smallest absolute Gasteiger partial charge is 0.103 e. The molecule has 0 aliphatic heterocycles. The molecule has 2 rings (SSSR count). The van der Waals surface area contributed by atoms with Gasteiger partial charge in [-0.05, 0) is 6.07 Å². The fourth-order valence-electron chi connectivity index (χ4n) is 1.93. The summed E-state index contributed by atoms with van der Waals surface area (Å²) in [6.45, 7) is 1.26. The van der Waals surface area contributed by atoms with Crippen molar-refractivity contribution < 1.29 is 0 Å². The Morgan fingerprint density at radius 3 is 2.88 bits per heavy atom. The number of hydrogen-bond donors (Lipinski definition) is 1. The molecular formula is C13H14N4. The molecule has 0 bridgehead atoms. The lowest BCUT2D eigenvalue weighted by Gasteiger charge is -2.21. The molecule has 0 atom stereocenters. The average Bonchev–Trinajstić information content (AvgIpc) is 2.37. The molecule has 0 aliphatic rings. The van der Waals surface area contributed by atoms with Crippen LogP contribution in [-0.4, -0.2) is 25.1 Å². The van der Waals surface area contributed by atoms with Crippen molar-refractivity contribution in [2.24, 2.45) is 5.73 Å². The van der Waals surface area contributed by atoms with Gasteiger partial charge in [0.25, 0.3) is 0 Å². The molecule has 0 unspecified atom stereocenters. The lowest BCUT2D eigenvalue weighted by atomic mass is 10.1. The van der Waals surface area contributed by atoms with E-state index in [1.165, 1.54) is 0 Å². The Hall–Kier alpha value is -2.12. The third-order valence-corrected chi connectivity index (χ3v) is 2.71. The number of rotatable bonds is 3. The maximum Gasteiger partial charge on any atom is 0.103 e. The lowest BCUT2D eigenvalue weighted by Crippen LogP contribution is -2.26. The van der Waals surface area contributed by atoms with Crippen molar-refractivity contribution in [2.45, 2.75) is 0 Å². The first-order chi connectivity index (χ1) is 8.27. The molecular weight excluding hydrogens is 212 g/mol. The summed E-state index contributed by atoms with van der Waals surface area (Å²) in [5.74, 6) is 0. The van der Waals surface area contributed by atoms with E-state index in [0.717, 1.165) is 16.6 Å². The van der Waals surface area contributed by atoms with Crippen LogP contribution in [0, 0.1) is 11.3 Å². The number of para-hydroxylation sites is 1. The van der Waals surface area contributed by atoms with Gasteiger partial charge in [0.05, 0.1) is 16.8 Å². The van der Waals surface area contributed by atoms with Crippen molar-refractivity contribution in [3.8, 4) is 6.07 Å². The highest BCUT2D eigenvalue weighted by atomic mass is 15.1. The molecule has 2 N–H and O–H groups in total. The Bertz CT molecular complexity index is 571. The van der Waals surface area contributed by atoms with Crippen LogP contribution in [0.1, 0.15) is 5.56 Å². The van der Waals surface area contributed by atoms with Crippen LogP contribution in [-0.2, 0) is 0 Å². The minimum absolute atomic E-state index is 0.554. The summed E-state index contributed by atoms with van der Waals surface area (Å²) in [6.07, 6.45) is 1.62. The molecule has 4 heteroatoms. The van der Waals surface area contributed by atoms with E-state index in [1.807, 2.05) is 36.2 Å². The van der Waals surface area contributed by atoms with Crippen LogP contribution < -0.4 is 10.6 Å². The second kappa shape index (κ2) is 4.81. The highest BCUT2D eigenvalue weighted by Gasteiger charge is 2.11. The van der Waals surface area contributed by atoms with Gasteiger partial charge >= 0.3 is 0 Å². The summed E-state index contributed by atoms with van der Waals surface area (Å²) in [7, 11) is 1.94. The molecule has 17 heavy (non-hydrogen) atoms. The fourth-order valence-corrected chi connectivity index (χ4v) is 1.93. The van der Waals surface area contributed by atoms with E-state index < -0.39 is 0 Å². The van der Waals surface area contributed by atoms with E-state index >= 15 is 0 Å². The second-order valence-electron chi connectivity index (χ2n) is 3.86. The standard InChI is InChI=1S/C13H14N4/c1-17(7-6-14)13-10(8-15)9-16-12-5-3-2-4-11(12)13/h2-5,9H,6-7,14H2,1H3. The first-order valence-corrected chi connectivity index (χ1v) is 5.47. The van der Waals surface area contributed by atoms with Crippen LogP contribution in [0.3, 0.4) is 0 Å². The molecule has 0 spiro atoms. The quantitative estimate of drug-likeness (QED) is 0.861. The predicted octanol–water partition coefficient (Wildman–Crippen LogP) is 1.50. The topological polar surface area (TPSA) is 65.9 Å². The van der Waals surface area contributed by atoms with E-state index in [0.29, 0.717) is 18.7 Å². The van der Waals surface area contributed by atoms with E-state index in [2.05, 4.69) is 11.1 Å². The van der Waals surface area contributed by atoms with Crippen molar-refractivity contribution in [2.75, 3.05) is 25.0 Å². The number of aromatic nitrogens is 1. The van der Waals surface area contributed by atoms with Gasteiger partial charge in [-0.2, -0.15) is 5.26 Å². The van der Waals surface area contributed by atoms with Gasteiger partial charge in [-0.3, -0.25) is 4.98 Å². The molecule has 86 valence electrons. The first kappa shape index (κ1) is 11.4. The van der Waals surface area contributed by atoms with Gasteiger partial charge in [0, 0.05) is 31.7 Å². The SMILES string of the molecule is CN(CCN)c1c(C#N)cnc2ccccc12. The van der Waals surface area contributed by atoms with Crippen LogP contribution in [0.25, 0.3) is 10.9 Å². The Kier molecular flexibility index (Phi) is 3.22. The summed E-state index contributed by atoms with van der Waals surface area (Å²) >= 11 is 0. The van der Waals surface area contributed by atoms with E-state index in [-0.39, 0.29) is 0 Å². The number of likely N-dealkylation sites (N-methyl/N-ethyl adjacent to an activating group) is 1. The van der Waals surface area contributed by atoms with Crippen LogP contribution in [0.15, 0.2) is 30.5 Å². The lowest BCUT2D eigenvalue weighted by molar-refractivity contribution is 0.887. The normalized spacial score (nSPS) is 10.2. The van der Waals surface area contributed by atoms with Gasteiger partial charge < -0.3 is 10.6 Å². The van der Waals surface area contributed by atoms with Gasteiger partial charge in [0.2, 0.25) is 0 Å². The average molecular weight is 226 g/mol. The largest absolute Gasteiger partial charge is 0.372 e. The van der Waals surface area contributed by atoms with Gasteiger partial charge in [-0.15, -0.1) is 0 Å². The van der Waals surface area contributed by atoms with E-state index in [4.69, 9.17) is 11.0 Å². The summed E-state index contributed by atoms with van der Waals surface area (Å²) in [4.78, 5) is 6.28. The van der Waals surface area contributed by atoms with Crippen LogP contribution in [0.2, 0.25) is 0 Å². The predicted molar refractivity (Wildman–Crippen MR) is 68.8 cm³/mol. The molecule has 2 aromatic rings. The number of anilines is 1. The summed E-state index contributed by atoms with van der Waals surface area (Å²) < 4.78 is 0. The summed E-state index contributed by atoms with van der Waals surface area (Å²) in [5, 5.41) is 10.1. The number of pyridine rings is 1. The maximum absolute atomic E-state index is 9.15. The first-order valence-electron chi connectivity index (χ1n) is 5.47. The molecule has 1 heterocycles. The summed E-state index contributed by atoms with van der Waals surface area (Å²) in [5.41, 5.74) is 7.95. The number of nitrogens with zero attached hydrogens (tertiary/aromatic N) is 3. The second-order valence-corrected chi connectivity index (χ2v) is 3.86. The van der Waals surface area contributed by atoms with E-state index in [1.54, 1.807) is 6.20 Å².